The molecule has 0 aliphatic carbocycles. The number of thioether (sulfide) groups is 4. The Bertz CT molecular complexity index is 597. The monoisotopic (exact) mass is 352 g/mol. The zero-order valence-corrected chi connectivity index (χ0v) is 15.4. The maximum Gasteiger partial charge on any atom is 0.134 e. The van der Waals surface area contributed by atoms with Crippen LogP contribution in [-0.4, -0.2) is 15.0 Å². The topological polar surface area (TPSA) is 36.1 Å². The van der Waals surface area contributed by atoms with Gasteiger partial charge in [-0.2, -0.15) is 5.26 Å². The minimum atomic E-state index is -0.165. The molecule has 0 fully saturated rings. The fraction of sp³-hybridized carbons (Fsp3) is 0.333. The maximum atomic E-state index is 8.56. The summed E-state index contributed by atoms with van der Waals surface area (Å²) in [6, 6.07) is 8.54. The van der Waals surface area contributed by atoms with Crippen LogP contribution < -0.4 is 0 Å². The molecule has 0 unspecified atom stereocenters. The Morgan fingerprint density at radius 2 is 2.05 bits per heavy atom. The minimum absolute atomic E-state index is 0.165. The third-order valence-electron chi connectivity index (χ3n) is 2.80. The Morgan fingerprint density at radius 1 is 1.33 bits per heavy atom. The second kappa shape index (κ2) is 7.68. The van der Waals surface area contributed by atoms with Gasteiger partial charge in [-0.15, -0.1) is 0 Å². The van der Waals surface area contributed by atoms with Crippen LogP contribution in [0.15, 0.2) is 44.5 Å². The van der Waals surface area contributed by atoms with Crippen molar-refractivity contribution in [3.05, 3.63) is 40.1 Å². The average molecular weight is 353 g/mol. The highest BCUT2D eigenvalue weighted by molar-refractivity contribution is 8.43. The number of hydrogen-bond donors (Lipinski definition) is 0. The highest BCUT2D eigenvalue weighted by Crippen LogP contribution is 2.44. The molecule has 6 heteroatoms. The van der Waals surface area contributed by atoms with E-state index < -0.39 is 0 Å². The molecule has 0 spiro atoms. The zero-order chi connectivity index (χ0) is 15.3. The maximum absolute atomic E-state index is 8.56. The van der Waals surface area contributed by atoms with Gasteiger partial charge in [-0.25, -0.2) is 0 Å². The normalized spacial score (nSPS) is 18.6. The third kappa shape index (κ3) is 5.03. The lowest BCUT2D eigenvalue weighted by Crippen LogP contribution is -2.13. The second-order valence-electron chi connectivity index (χ2n) is 4.95. The summed E-state index contributed by atoms with van der Waals surface area (Å²) >= 11 is 6.36. The molecule has 110 valence electrons. The van der Waals surface area contributed by atoms with Crippen molar-refractivity contribution in [3.63, 3.8) is 0 Å². The van der Waals surface area contributed by atoms with Crippen LogP contribution in [0.2, 0.25) is 0 Å². The molecule has 0 N–H and O–H groups in total. The average Bonchev–Trinajstić information content (AvgIpc) is 2.73. The van der Waals surface area contributed by atoms with E-state index in [2.05, 4.69) is 55.8 Å². The van der Waals surface area contributed by atoms with E-state index in [1.165, 1.54) is 27.1 Å². The lowest BCUT2D eigenvalue weighted by molar-refractivity contribution is 0.658. The largest absolute Gasteiger partial charge is 0.260 e. The van der Waals surface area contributed by atoms with Crippen LogP contribution in [0.4, 0.5) is 0 Å². The molecule has 0 atom stereocenters. The molecular weight excluding hydrogens is 336 g/mol. The van der Waals surface area contributed by atoms with E-state index in [0.717, 1.165) is 9.46 Å². The van der Waals surface area contributed by atoms with Crippen molar-refractivity contribution >= 4 is 51.4 Å². The number of nitriles is 1. The first kappa shape index (κ1) is 16.9. The van der Waals surface area contributed by atoms with Crippen LogP contribution in [0.25, 0.3) is 0 Å². The van der Waals surface area contributed by atoms with Gasteiger partial charge in [0.15, 0.2) is 0 Å². The van der Waals surface area contributed by atoms with Crippen LogP contribution in [0.1, 0.15) is 19.4 Å². The van der Waals surface area contributed by atoms with E-state index in [-0.39, 0.29) is 5.54 Å². The number of benzene rings is 1. The lowest BCUT2D eigenvalue weighted by atomic mass is 10.1. The van der Waals surface area contributed by atoms with E-state index >= 15 is 0 Å². The van der Waals surface area contributed by atoms with E-state index in [9.17, 15) is 0 Å². The first-order valence-corrected chi connectivity index (χ1v) is 10.0. The summed E-state index contributed by atoms with van der Waals surface area (Å²) in [6.07, 6.45) is 0. The Hall–Kier alpha value is -0.480. The highest BCUT2D eigenvalue weighted by atomic mass is 32.2. The molecule has 1 aliphatic heterocycles. The summed E-state index contributed by atoms with van der Waals surface area (Å²) in [5.41, 5.74) is 1.11. The summed E-state index contributed by atoms with van der Waals surface area (Å²) in [6.45, 7) is 6.36. The standard InChI is InChI=1S/C15H16N2S4/c1-11-4-6-12(7-5-11)19-8-13-15(2,3)17-14(21-13)20-10-18-9-16/h4-8H,10H2,1-3H3/b13-8+. The second-order valence-corrected chi connectivity index (χ2v) is 9.27. The third-order valence-corrected chi connectivity index (χ3v) is 6.96. The van der Waals surface area contributed by atoms with Crippen LogP contribution in [0.3, 0.4) is 0 Å². The molecule has 0 bridgehead atoms. The number of aliphatic imine (C=N–C) groups is 1. The molecule has 0 saturated carbocycles. The first-order valence-electron chi connectivity index (χ1n) is 6.36. The predicted octanol–water partition coefficient (Wildman–Crippen LogP) is 5.71. The van der Waals surface area contributed by atoms with Crippen LogP contribution in [-0.2, 0) is 0 Å². The molecule has 2 nitrogen and oxygen atoms in total. The van der Waals surface area contributed by atoms with Gasteiger partial charge in [0.1, 0.15) is 9.78 Å². The molecule has 0 saturated heterocycles. The Kier molecular flexibility index (Phi) is 6.18. The van der Waals surface area contributed by atoms with Gasteiger partial charge < -0.3 is 0 Å². The van der Waals surface area contributed by atoms with E-state index in [0.29, 0.717) is 0 Å². The summed E-state index contributed by atoms with van der Waals surface area (Å²) < 4.78 is 1.05. The first-order chi connectivity index (χ1) is 10.0. The van der Waals surface area contributed by atoms with Crippen molar-refractivity contribution in [3.8, 4) is 5.40 Å². The summed E-state index contributed by atoms with van der Waals surface area (Å²) in [5.74, 6) is 0. The SMILES string of the molecule is Cc1ccc(S/C=C2/SC(SCSC#N)=NC2(C)C)cc1. The number of nitrogens with zero attached hydrogens (tertiary/aromatic N) is 2. The number of aryl methyl sites for hydroxylation is 1. The Morgan fingerprint density at radius 3 is 2.71 bits per heavy atom. The molecule has 21 heavy (non-hydrogen) atoms. The van der Waals surface area contributed by atoms with Crippen molar-refractivity contribution < 1.29 is 0 Å². The van der Waals surface area contributed by atoms with Crippen molar-refractivity contribution in [1.82, 2.24) is 0 Å². The molecule has 0 amide bonds. The van der Waals surface area contributed by atoms with E-state index in [1.54, 1.807) is 35.3 Å². The quantitative estimate of drug-likeness (QED) is 0.300. The van der Waals surface area contributed by atoms with Crippen molar-refractivity contribution in [1.29, 1.82) is 5.26 Å². The number of thiocyanates is 1. The van der Waals surface area contributed by atoms with Gasteiger partial charge in [0.05, 0.1) is 10.6 Å². The molecular formula is C15H16N2S4. The molecule has 0 radical (unpaired) electrons. The molecule has 1 aliphatic rings. The van der Waals surface area contributed by atoms with Gasteiger partial charge in [0, 0.05) is 9.80 Å². The van der Waals surface area contributed by atoms with Crippen LogP contribution in [0.5, 0.6) is 0 Å². The lowest BCUT2D eigenvalue weighted by Gasteiger charge is -2.14. The molecule has 2 rings (SSSR count). The Balaban J connectivity index is 1.99. The fourth-order valence-corrected chi connectivity index (χ4v) is 5.60. The van der Waals surface area contributed by atoms with Crippen LogP contribution in [0, 0.1) is 17.6 Å². The fourth-order valence-electron chi connectivity index (χ4n) is 1.60. The van der Waals surface area contributed by atoms with E-state index in [4.69, 9.17) is 10.3 Å². The molecule has 1 aromatic rings. The van der Waals surface area contributed by atoms with Gasteiger partial charge >= 0.3 is 0 Å². The molecule has 1 aromatic carbocycles. The number of hydrogen-bond acceptors (Lipinski definition) is 6. The molecule has 0 aromatic heterocycles. The summed E-state index contributed by atoms with van der Waals surface area (Å²) in [4.78, 5) is 7.24. The van der Waals surface area contributed by atoms with Crippen molar-refractivity contribution in [2.45, 2.75) is 31.2 Å². The minimum Gasteiger partial charge on any atom is -0.260 e. The van der Waals surface area contributed by atoms with Gasteiger partial charge in [-0.05, 0) is 50.1 Å². The summed E-state index contributed by atoms with van der Waals surface area (Å²) in [7, 11) is 0. The van der Waals surface area contributed by atoms with Gasteiger partial charge in [0.25, 0.3) is 0 Å². The smallest absolute Gasteiger partial charge is 0.134 e. The van der Waals surface area contributed by atoms with Gasteiger partial charge in [-0.3, -0.25) is 4.99 Å². The number of rotatable bonds is 4. The van der Waals surface area contributed by atoms with Crippen molar-refractivity contribution in [2.75, 3.05) is 5.08 Å². The molecule has 1 heterocycles. The summed E-state index contributed by atoms with van der Waals surface area (Å²) in [5, 5.41) is 13.6. The van der Waals surface area contributed by atoms with Crippen molar-refractivity contribution in [2.24, 2.45) is 4.99 Å². The van der Waals surface area contributed by atoms with Crippen LogP contribution >= 0.6 is 47.0 Å². The Labute approximate surface area is 143 Å². The van der Waals surface area contributed by atoms with E-state index in [1.807, 2.05) is 0 Å². The zero-order valence-electron chi connectivity index (χ0n) is 12.1. The predicted molar refractivity (Wildman–Crippen MR) is 99.9 cm³/mol. The van der Waals surface area contributed by atoms with Gasteiger partial charge in [-0.1, -0.05) is 53.0 Å². The van der Waals surface area contributed by atoms with Gasteiger partial charge in [0.2, 0.25) is 0 Å². The highest BCUT2D eigenvalue weighted by Gasteiger charge is 2.31.